The Morgan fingerprint density at radius 2 is 1.95 bits per heavy atom. The van der Waals surface area contributed by atoms with E-state index in [1.54, 1.807) is 0 Å². The second-order valence-corrected chi connectivity index (χ2v) is 6.30. The van der Waals surface area contributed by atoms with Gasteiger partial charge in [-0.25, -0.2) is 4.79 Å². The molecule has 0 aromatic heterocycles. The molecule has 20 heavy (non-hydrogen) atoms. The predicted octanol–water partition coefficient (Wildman–Crippen LogP) is 5.46. The van der Waals surface area contributed by atoms with Gasteiger partial charge in [0.15, 0.2) is 0 Å². The Bertz CT molecular complexity index is 622. The minimum absolute atomic E-state index is 0.217. The van der Waals surface area contributed by atoms with Gasteiger partial charge in [-0.1, -0.05) is 41.9 Å². The van der Waals surface area contributed by atoms with Crippen LogP contribution in [0.5, 0.6) is 0 Å². The Kier molecular flexibility index (Phi) is 5.68. The molecule has 1 amide bonds. The average molecular weight is 467 g/mol. The molecule has 2 rings (SSSR count). The maximum atomic E-state index is 11.8. The Balaban J connectivity index is 2.00. The lowest BCUT2D eigenvalue weighted by molar-refractivity contribution is 0.155. The highest BCUT2D eigenvalue weighted by Gasteiger charge is 2.12. The summed E-state index contributed by atoms with van der Waals surface area (Å²) >= 11 is 11.6. The summed E-state index contributed by atoms with van der Waals surface area (Å²) in [7, 11) is 0. The van der Waals surface area contributed by atoms with E-state index in [0.717, 1.165) is 13.6 Å². The number of anilines is 1. The van der Waals surface area contributed by atoms with Gasteiger partial charge in [0.25, 0.3) is 0 Å². The molecular weight excluding hydrogens is 456 g/mol. The molecule has 2 aromatic rings. The number of benzene rings is 2. The zero-order valence-electron chi connectivity index (χ0n) is 10.2. The highest BCUT2D eigenvalue weighted by Crippen LogP contribution is 2.34. The van der Waals surface area contributed by atoms with E-state index in [-0.39, 0.29) is 6.61 Å². The molecule has 1 N–H and O–H groups in total. The summed E-state index contributed by atoms with van der Waals surface area (Å²) in [5.74, 6) is 0. The highest BCUT2D eigenvalue weighted by molar-refractivity contribution is 14.1. The number of hydrogen-bond donors (Lipinski definition) is 1. The van der Waals surface area contributed by atoms with Crippen molar-refractivity contribution < 1.29 is 9.53 Å². The third-order valence-corrected chi connectivity index (χ3v) is 4.66. The number of hydrogen-bond acceptors (Lipinski definition) is 2. The van der Waals surface area contributed by atoms with Crippen LogP contribution in [0.4, 0.5) is 10.5 Å². The van der Waals surface area contributed by atoms with Gasteiger partial charge in [-0.05, 0) is 56.2 Å². The first kappa shape index (κ1) is 15.6. The fourth-order valence-electron chi connectivity index (χ4n) is 1.50. The Morgan fingerprint density at radius 3 is 2.65 bits per heavy atom. The van der Waals surface area contributed by atoms with Crippen LogP contribution in [0.15, 0.2) is 46.9 Å². The van der Waals surface area contributed by atoms with E-state index >= 15 is 0 Å². The Morgan fingerprint density at radius 1 is 1.25 bits per heavy atom. The SMILES string of the molecule is O=C(Nc1c(I)ccc(Br)c1Cl)OCc1ccccc1. The fourth-order valence-corrected chi connectivity index (χ4v) is 2.79. The lowest BCUT2D eigenvalue weighted by atomic mass is 10.2. The van der Waals surface area contributed by atoms with E-state index in [9.17, 15) is 4.79 Å². The maximum absolute atomic E-state index is 11.8. The molecule has 0 aliphatic rings. The molecule has 0 saturated heterocycles. The van der Waals surface area contributed by atoms with Crippen LogP contribution in [-0.4, -0.2) is 6.09 Å². The third kappa shape index (κ3) is 4.10. The fraction of sp³-hybridized carbons (Fsp3) is 0.0714. The van der Waals surface area contributed by atoms with Gasteiger partial charge in [-0.2, -0.15) is 0 Å². The largest absolute Gasteiger partial charge is 0.444 e. The lowest BCUT2D eigenvalue weighted by Gasteiger charge is -2.11. The Labute approximate surface area is 143 Å². The van der Waals surface area contributed by atoms with Crippen LogP contribution < -0.4 is 5.32 Å². The molecule has 0 atom stereocenters. The third-order valence-electron chi connectivity index (χ3n) is 2.48. The van der Waals surface area contributed by atoms with E-state index < -0.39 is 6.09 Å². The summed E-state index contributed by atoms with van der Waals surface area (Å²) in [4.78, 5) is 11.8. The van der Waals surface area contributed by atoms with Gasteiger partial charge in [-0.15, -0.1) is 0 Å². The molecule has 0 radical (unpaired) electrons. The zero-order chi connectivity index (χ0) is 14.5. The molecule has 0 bridgehead atoms. The standard InChI is InChI=1S/C14H10BrClINO2/c15-10-6-7-11(17)13(12(10)16)18-14(19)20-8-9-4-2-1-3-5-9/h1-7H,8H2,(H,18,19). The van der Waals surface area contributed by atoms with Gasteiger partial charge in [0, 0.05) is 8.04 Å². The number of nitrogens with one attached hydrogen (secondary N) is 1. The van der Waals surface area contributed by atoms with Crippen molar-refractivity contribution in [3.05, 3.63) is 61.1 Å². The minimum Gasteiger partial charge on any atom is -0.444 e. The van der Waals surface area contributed by atoms with Crippen molar-refractivity contribution in [3.8, 4) is 0 Å². The second kappa shape index (κ2) is 7.28. The normalized spacial score (nSPS) is 10.2. The number of ether oxygens (including phenoxy) is 1. The van der Waals surface area contributed by atoms with Gasteiger partial charge in [0.05, 0.1) is 10.7 Å². The molecule has 104 valence electrons. The molecule has 0 aliphatic heterocycles. The summed E-state index contributed by atoms with van der Waals surface area (Å²) in [6.45, 7) is 0.217. The van der Waals surface area contributed by atoms with Gasteiger partial charge >= 0.3 is 6.09 Å². The van der Waals surface area contributed by atoms with Gasteiger partial charge in [-0.3, -0.25) is 5.32 Å². The number of amides is 1. The average Bonchev–Trinajstić information content (AvgIpc) is 2.46. The van der Waals surface area contributed by atoms with Gasteiger partial charge < -0.3 is 4.74 Å². The first-order valence-electron chi connectivity index (χ1n) is 5.69. The van der Waals surface area contributed by atoms with Crippen molar-refractivity contribution in [1.29, 1.82) is 0 Å². The van der Waals surface area contributed by atoms with Gasteiger partial charge in [0.2, 0.25) is 0 Å². The second-order valence-electron chi connectivity index (χ2n) is 3.90. The van der Waals surface area contributed by atoms with Crippen molar-refractivity contribution in [3.63, 3.8) is 0 Å². The van der Waals surface area contributed by atoms with Crippen LogP contribution in [0, 0.1) is 3.57 Å². The first-order chi connectivity index (χ1) is 9.58. The molecule has 0 unspecified atom stereocenters. The topological polar surface area (TPSA) is 38.3 Å². The van der Waals surface area contributed by atoms with E-state index in [4.69, 9.17) is 16.3 Å². The van der Waals surface area contributed by atoms with Crippen molar-refractivity contribution in [2.45, 2.75) is 6.61 Å². The van der Waals surface area contributed by atoms with E-state index in [1.165, 1.54) is 0 Å². The molecule has 0 fully saturated rings. The molecule has 0 heterocycles. The van der Waals surface area contributed by atoms with Crippen LogP contribution in [0.25, 0.3) is 0 Å². The molecule has 3 nitrogen and oxygen atoms in total. The van der Waals surface area contributed by atoms with Crippen molar-refractivity contribution in [2.24, 2.45) is 0 Å². The quantitative estimate of drug-likeness (QED) is 0.482. The van der Waals surface area contributed by atoms with Gasteiger partial charge in [0.1, 0.15) is 6.61 Å². The molecule has 0 aliphatic carbocycles. The molecule has 6 heteroatoms. The molecule has 0 saturated carbocycles. The van der Waals surface area contributed by atoms with E-state index in [2.05, 4.69) is 43.8 Å². The van der Waals surface area contributed by atoms with Crippen LogP contribution in [-0.2, 0) is 11.3 Å². The first-order valence-corrected chi connectivity index (χ1v) is 7.94. The highest BCUT2D eigenvalue weighted by atomic mass is 127. The maximum Gasteiger partial charge on any atom is 0.412 e. The monoisotopic (exact) mass is 465 g/mol. The Hall–Kier alpha value is -0.790. The van der Waals surface area contributed by atoms with E-state index in [0.29, 0.717) is 10.7 Å². The van der Waals surface area contributed by atoms with Crippen LogP contribution in [0.3, 0.4) is 0 Å². The summed E-state index contributed by atoms with van der Waals surface area (Å²) in [6.07, 6.45) is -0.535. The summed E-state index contributed by atoms with van der Waals surface area (Å²) in [6, 6.07) is 13.2. The molecular formula is C14H10BrClINO2. The van der Waals surface area contributed by atoms with Crippen LogP contribution in [0.2, 0.25) is 5.02 Å². The van der Waals surface area contributed by atoms with Crippen molar-refractivity contribution in [2.75, 3.05) is 5.32 Å². The minimum atomic E-state index is -0.535. The number of carbonyl (C=O) groups excluding carboxylic acids is 1. The van der Waals surface area contributed by atoms with E-state index in [1.807, 2.05) is 42.5 Å². The number of halogens is 3. The zero-order valence-corrected chi connectivity index (χ0v) is 14.7. The summed E-state index contributed by atoms with van der Waals surface area (Å²) in [5.41, 5.74) is 1.47. The predicted molar refractivity (Wildman–Crippen MR) is 92.1 cm³/mol. The summed E-state index contributed by atoms with van der Waals surface area (Å²) in [5, 5.41) is 3.11. The summed E-state index contributed by atoms with van der Waals surface area (Å²) < 4.78 is 6.72. The van der Waals surface area contributed by atoms with Crippen molar-refractivity contribution in [1.82, 2.24) is 0 Å². The number of carbonyl (C=O) groups is 1. The van der Waals surface area contributed by atoms with Crippen molar-refractivity contribution >= 4 is 61.9 Å². The molecule has 2 aromatic carbocycles. The molecule has 0 spiro atoms. The van der Waals surface area contributed by atoms with Crippen LogP contribution >= 0.6 is 50.1 Å². The lowest BCUT2D eigenvalue weighted by Crippen LogP contribution is -2.14. The number of rotatable bonds is 3. The van der Waals surface area contributed by atoms with Crippen LogP contribution in [0.1, 0.15) is 5.56 Å². The smallest absolute Gasteiger partial charge is 0.412 e.